The molecule has 0 heterocycles. The minimum Gasteiger partial charge on any atom is -0.504 e. The van der Waals surface area contributed by atoms with Crippen LogP contribution >= 0.6 is 15.9 Å². The molecule has 0 atom stereocenters. The van der Waals surface area contributed by atoms with Gasteiger partial charge in [0.05, 0.1) is 4.47 Å². The Morgan fingerprint density at radius 3 is 2.56 bits per heavy atom. The van der Waals surface area contributed by atoms with E-state index < -0.39 is 23.3 Å². The molecule has 0 radical (unpaired) electrons. The van der Waals surface area contributed by atoms with Gasteiger partial charge in [-0.25, -0.2) is 4.39 Å². The minimum atomic E-state index is -0.940. The van der Waals surface area contributed by atoms with Gasteiger partial charge in [-0.3, -0.25) is 4.79 Å². The lowest BCUT2D eigenvalue weighted by Gasteiger charge is -2.07. The standard InChI is InChI=1S/C10H10BrFO4/c11-6-4-5(2-1-3-7(13)14)9(15)10(16)8(6)12/h4,15-16H,1-3H2,(H,13,14). The van der Waals surface area contributed by atoms with Crippen LogP contribution in [0.1, 0.15) is 18.4 Å². The maximum atomic E-state index is 13.1. The SMILES string of the molecule is O=C(O)CCCc1cc(Br)c(F)c(O)c1O. The molecule has 0 aliphatic heterocycles. The number of halogens is 2. The van der Waals surface area contributed by atoms with Crippen molar-refractivity contribution >= 4 is 21.9 Å². The summed E-state index contributed by atoms with van der Waals surface area (Å²) in [6.07, 6.45) is 0.514. The highest BCUT2D eigenvalue weighted by Gasteiger charge is 2.15. The van der Waals surface area contributed by atoms with Gasteiger partial charge in [0.2, 0.25) is 0 Å². The van der Waals surface area contributed by atoms with E-state index in [1.54, 1.807) is 0 Å². The topological polar surface area (TPSA) is 77.8 Å². The normalized spacial score (nSPS) is 10.4. The average Bonchev–Trinajstić information content (AvgIpc) is 2.22. The van der Waals surface area contributed by atoms with Crippen LogP contribution in [0.5, 0.6) is 11.5 Å². The zero-order valence-electron chi connectivity index (χ0n) is 8.20. The highest BCUT2D eigenvalue weighted by Crippen LogP contribution is 2.37. The first-order valence-electron chi connectivity index (χ1n) is 4.54. The molecule has 1 aromatic rings. The number of aryl methyl sites for hydroxylation is 1. The van der Waals surface area contributed by atoms with Crippen molar-refractivity contribution in [1.29, 1.82) is 0 Å². The number of rotatable bonds is 4. The monoisotopic (exact) mass is 292 g/mol. The molecule has 0 amide bonds. The Morgan fingerprint density at radius 1 is 1.38 bits per heavy atom. The van der Waals surface area contributed by atoms with Crippen LogP contribution in [-0.2, 0) is 11.2 Å². The quantitative estimate of drug-likeness (QED) is 0.745. The Morgan fingerprint density at radius 2 is 2.00 bits per heavy atom. The van der Waals surface area contributed by atoms with E-state index in [1.165, 1.54) is 6.07 Å². The second-order valence-electron chi connectivity index (χ2n) is 3.28. The summed E-state index contributed by atoms with van der Waals surface area (Å²) >= 11 is 2.89. The molecule has 4 nitrogen and oxygen atoms in total. The molecule has 0 aliphatic rings. The van der Waals surface area contributed by atoms with E-state index in [-0.39, 0.29) is 17.3 Å². The van der Waals surface area contributed by atoms with Crippen molar-refractivity contribution in [2.45, 2.75) is 19.3 Å². The van der Waals surface area contributed by atoms with Gasteiger partial charge < -0.3 is 15.3 Å². The Balaban J connectivity index is 2.85. The number of benzene rings is 1. The van der Waals surface area contributed by atoms with Crippen molar-refractivity contribution in [2.75, 3.05) is 0 Å². The molecule has 0 bridgehead atoms. The Bertz CT molecular complexity index is 420. The summed E-state index contributed by atoms with van der Waals surface area (Å²) in [7, 11) is 0. The zero-order chi connectivity index (χ0) is 12.3. The number of hydrogen-bond donors (Lipinski definition) is 3. The molecule has 0 saturated carbocycles. The summed E-state index contributed by atoms with van der Waals surface area (Å²) in [6, 6.07) is 1.33. The first-order valence-corrected chi connectivity index (χ1v) is 5.33. The highest BCUT2D eigenvalue weighted by atomic mass is 79.9. The Hall–Kier alpha value is -1.30. The fourth-order valence-corrected chi connectivity index (χ4v) is 1.74. The lowest BCUT2D eigenvalue weighted by molar-refractivity contribution is -0.137. The number of phenolic OH excluding ortho intramolecular Hbond substituents is 2. The highest BCUT2D eigenvalue weighted by molar-refractivity contribution is 9.10. The van der Waals surface area contributed by atoms with E-state index >= 15 is 0 Å². The second-order valence-corrected chi connectivity index (χ2v) is 4.13. The number of aromatic hydroxyl groups is 2. The molecule has 0 fully saturated rings. The van der Waals surface area contributed by atoms with Crippen LogP contribution in [0.25, 0.3) is 0 Å². The van der Waals surface area contributed by atoms with E-state index in [0.29, 0.717) is 12.0 Å². The predicted octanol–water partition coefficient (Wildman–Crippen LogP) is 2.41. The van der Waals surface area contributed by atoms with E-state index in [0.717, 1.165) is 0 Å². The molecule has 0 unspecified atom stereocenters. The smallest absolute Gasteiger partial charge is 0.303 e. The molecule has 0 aliphatic carbocycles. The van der Waals surface area contributed by atoms with Crippen molar-refractivity contribution in [3.8, 4) is 11.5 Å². The summed E-state index contributed by atoms with van der Waals surface area (Å²) in [5.74, 6) is -3.23. The predicted molar refractivity (Wildman–Crippen MR) is 58.0 cm³/mol. The minimum absolute atomic E-state index is 0.0353. The lowest BCUT2D eigenvalue weighted by Crippen LogP contribution is -1.97. The van der Waals surface area contributed by atoms with Gasteiger partial charge in [-0.1, -0.05) is 0 Å². The van der Waals surface area contributed by atoms with Gasteiger partial charge in [-0.05, 0) is 40.4 Å². The molecule has 0 aromatic heterocycles. The van der Waals surface area contributed by atoms with Crippen LogP contribution in [0.3, 0.4) is 0 Å². The third-order valence-corrected chi connectivity index (χ3v) is 2.66. The summed E-state index contributed by atoms with van der Waals surface area (Å²) in [4.78, 5) is 10.3. The number of hydrogen-bond acceptors (Lipinski definition) is 3. The molecule has 16 heavy (non-hydrogen) atoms. The fourth-order valence-electron chi connectivity index (χ4n) is 1.27. The van der Waals surface area contributed by atoms with Gasteiger partial charge in [-0.2, -0.15) is 0 Å². The van der Waals surface area contributed by atoms with Gasteiger partial charge in [0.15, 0.2) is 17.3 Å². The van der Waals surface area contributed by atoms with E-state index in [2.05, 4.69) is 15.9 Å². The molecule has 6 heteroatoms. The third-order valence-electron chi connectivity index (χ3n) is 2.08. The van der Waals surface area contributed by atoms with Gasteiger partial charge in [0, 0.05) is 6.42 Å². The molecule has 0 spiro atoms. The zero-order valence-corrected chi connectivity index (χ0v) is 9.79. The van der Waals surface area contributed by atoms with Crippen molar-refractivity contribution in [3.05, 3.63) is 21.9 Å². The van der Waals surface area contributed by atoms with Gasteiger partial charge >= 0.3 is 5.97 Å². The first-order chi connectivity index (χ1) is 7.43. The summed E-state index contributed by atoms with van der Waals surface area (Å²) in [5.41, 5.74) is 0.312. The fraction of sp³-hybridized carbons (Fsp3) is 0.300. The summed E-state index contributed by atoms with van der Waals surface area (Å²) in [6.45, 7) is 0. The van der Waals surface area contributed by atoms with Crippen LogP contribution in [0, 0.1) is 5.82 Å². The number of carboxylic acids is 1. The number of carboxylic acid groups (broad SMARTS) is 1. The molecule has 1 rings (SSSR count). The number of aliphatic carboxylic acids is 1. The lowest BCUT2D eigenvalue weighted by atomic mass is 10.1. The molecular formula is C10H10BrFO4. The maximum absolute atomic E-state index is 13.1. The van der Waals surface area contributed by atoms with Crippen molar-refractivity contribution < 1.29 is 24.5 Å². The average molecular weight is 293 g/mol. The van der Waals surface area contributed by atoms with Crippen molar-refractivity contribution in [3.63, 3.8) is 0 Å². The maximum Gasteiger partial charge on any atom is 0.303 e. The van der Waals surface area contributed by atoms with Crippen molar-refractivity contribution in [2.24, 2.45) is 0 Å². The van der Waals surface area contributed by atoms with Crippen LogP contribution in [0.4, 0.5) is 4.39 Å². The van der Waals surface area contributed by atoms with E-state index in [4.69, 9.17) is 5.11 Å². The van der Waals surface area contributed by atoms with E-state index in [9.17, 15) is 19.4 Å². The van der Waals surface area contributed by atoms with Crippen LogP contribution in [-0.4, -0.2) is 21.3 Å². The van der Waals surface area contributed by atoms with Crippen LogP contribution in [0.15, 0.2) is 10.5 Å². The molecule has 3 N–H and O–H groups in total. The van der Waals surface area contributed by atoms with Gasteiger partial charge in [0.25, 0.3) is 0 Å². The largest absolute Gasteiger partial charge is 0.504 e. The first kappa shape index (κ1) is 12.8. The Labute approximate surface area is 99.5 Å². The van der Waals surface area contributed by atoms with Crippen molar-refractivity contribution in [1.82, 2.24) is 0 Å². The summed E-state index contributed by atoms with van der Waals surface area (Å²) in [5, 5.41) is 27.0. The molecule has 88 valence electrons. The third kappa shape index (κ3) is 2.85. The number of phenols is 2. The van der Waals surface area contributed by atoms with Gasteiger partial charge in [-0.15, -0.1) is 0 Å². The summed E-state index contributed by atoms with van der Waals surface area (Å²) < 4.78 is 13.1. The van der Waals surface area contributed by atoms with E-state index in [1.807, 2.05) is 0 Å². The Kier molecular flexibility index (Phi) is 4.12. The van der Waals surface area contributed by atoms with Crippen LogP contribution < -0.4 is 0 Å². The molecule has 1 aromatic carbocycles. The second kappa shape index (κ2) is 5.16. The molecular weight excluding hydrogens is 283 g/mol. The van der Waals surface area contributed by atoms with Gasteiger partial charge in [0.1, 0.15) is 0 Å². The van der Waals surface area contributed by atoms with Crippen LogP contribution in [0.2, 0.25) is 0 Å². The number of carbonyl (C=O) groups is 1. The molecule has 0 saturated heterocycles.